The van der Waals surface area contributed by atoms with Gasteiger partial charge >= 0.3 is 0 Å². The van der Waals surface area contributed by atoms with Crippen LogP contribution in [0, 0.1) is 6.92 Å². The number of methoxy groups -OCH3 is 2. The Kier molecular flexibility index (Phi) is 6.90. The highest BCUT2D eigenvalue weighted by molar-refractivity contribution is 7.92. The number of benzene rings is 2. The van der Waals surface area contributed by atoms with Gasteiger partial charge in [-0.3, -0.25) is 9.10 Å². The first-order valence-corrected chi connectivity index (χ1v) is 10.6. The van der Waals surface area contributed by atoms with Crippen molar-refractivity contribution in [2.75, 3.05) is 24.8 Å². The van der Waals surface area contributed by atoms with Crippen LogP contribution in [-0.4, -0.2) is 40.8 Å². The van der Waals surface area contributed by atoms with E-state index in [9.17, 15) is 13.2 Å². The Hall–Kier alpha value is -2.74. The fourth-order valence-corrected chi connectivity index (χ4v) is 3.98. The summed E-state index contributed by atoms with van der Waals surface area (Å²) in [6.07, 6.45) is 1.06. The summed E-state index contributed by atoms with van der Waals surface area (Å²) in [5.74, 6) is 0.442. The lowest BCUT2D eigenvalue weighted by Gasteiger charge is -2.28. The van der Waals surface area contributed by atoms with Gasteiger partial charge in [-0.05, 0) is 31.5 Å². The van der Waals surface area contributed by atoms with Gasteiger partial charge in [0.1, 0.15) is 6.04 Å². The van der Waals surface area contributed by atoms with Crippen molar-refractivity contribution >= 4 is 21.6 Å². The van der Waals surface area contributed by atoms with Crippen LogP contribution < -0.4 is 19.1 Å². The molecule has 0 heterocycles. The molecule has 7 nitrogen and oxygen atoms in total. The van der Waals surface area contributed by atoms with Gasteiger partial charge < -0.3 is 14.8 Å². The molecule has 28 heavy (non-hydrogen) atoms. The molecule has 2 aromatic carbocycles. The Labute approximate surface area is 166 Å². The second-order valence-corrected chi connectivity index (χ2v) is 8.34. The molecule has 0 aliphatic carbocycles. The van der Waals surface area contributed by atoms with Gasteiger partial charge in [-0.2, -0.15) is 0 Å². The van der Waals surface area contributed by atoms with E-state index in [1.165, 1.54) is 20.3 Å². The molecular weight excluding hydrogens is 380 g/mol. The Morgan fingerprint density at radius 2 is 1.68 bits per heavy atom. The van der Waals surface area contributed by atoms with Crippen molar-refractivity contribution in [1.82, 2.24) is 5.32 Å². The number of amides is 1. The number of aryl methyl sites for hydroxylation is 1. The normalized spacial score (nSPS) is 12.2. The maximum absolute atomic E-state index is 12.6. The summed E-state index contributed by atoms with van der Waals surface area (Å²) in [5.41, 5.74) is 2.38. The van der Waals surface area contributed by atoms with Gasteiger partial charge in [-0.1, -0.05) is 29.8 Å². The van der Waals surface area contributed by atoms with Crippen molar-refractivity contribution < 1.29 is 22.7 Å². The molecule has 0 aliphatic rings. The molecule has 1 unspecified atom stereocenters. The molecule has 0 radical (unpaired) electrons. The minimum atomic E-state index is -3.72. The van der Waals surface area contributed by atoms with Crippen molar-refractivity contribution in [3.63, 3.8) is 0 Å². The standard InChI is InChI=1S/C20H26N2O5S/c1-14-6-8-16(9-7-14)13-21-20(23)15(2)22(28(5,24)25)17-10-11-18(26-3)19(12-17)27-4/h6-12,15H,13H2,1-5H3,(H,21,23). The van der Waals surface area contributed by atoms with E-state index in [0.29, 0.717) is 23.7 Å². The van der Waals surface area contributed by atoms with Gasteiger partial charge in [-0.25, -0.2) is 8.42 Å². The number of rotatable bonds is 8. The Balaban J connectivity index is 2.25. The minimum absolute atomic E-state index is 0.312. The number of hydrogen-bond acceptors (Lipinski definition) is 5. The highest BCUT2D eigenvalue weighted by atomic mass is 32.2. The first-order valence-electron chi connectivity index (χ1n) is 8.72. The zero-order valence-corrected chi connectivity index (χ0v) is 17.5. The lowest BCUT2D eigenvalue weighted by atomic mass is 10.1. The number of carbonyl (C=O) groups excluding carboxylic acids is 1. The van der Waals surface area contributed by atoms with Gasteiger partial charge in [-0.15, -0.1) is 0 Å². The Bertz CT molecular complexity index is 926. The van der Waals surface area contributed by atoms with Gasteiger partial charge in [0.15, 0.2) is 11.5 Å². The van der Waals surface area contributed by atoms with Crippen LogP contribution in [0.3, 0.4) is 0 Å². The lowest BCUT2D eigenvalue weighted by Crippen LogP contribution is -2.47. The molecule has 8 heteroatoms. The number of sulfonamides is 1. The summed E-state index contributed by atoms with van der Waals surface area (Å²) < 4.78 is 36.3. The van der Waals surface area contributed by atoms with Gasteiger partial charge in [0.2, 0.25) is 15.9 Å². The zero-order chi connectivity index (χ0) is 20.9. The molecule has 2 aromatic rings. The summed E-state index contributed by atoms with van der Waals surface area (Å²) in [6, 6.07) is 11.5. The van der Waals surface area contributed by atoms with Crippen LogP contribution in [0.25, 0.3) is 0 Å². The number of nitrogens with one attached hydrogen (secondary N) is 1. The third kappa shape index (κ3) is 5.16. The molecule has 152 valence electrons. The molecule has 0 aliphatic heterocycles. The smallest absolute Gasteiger partial charge is 0.243 e. The van der Waals surface area contributed by atoms with E-state index in [0.717, 1.165) is 21.7 Å². The number of nitrogens with zero attached hydrogens (tertiary/aromatic N) is 1. The highest BCUT2D eigenvalue weighted by Crippen LogP contribution is 2.33. The average molecular weight is 407 g/mol. The molecule has 0 spiro atoms. The van der Waals surface area contributed by atoms with Crippen molar-refractivity contribution in [2.24, 2.45) is 0 Å². The molecule has 2 rings (SSSR count). The summed E-state index contributed by atoms with van der Waals surface area (Å²) in [4.78, 5) is 12.6. The maximum Gasteiger partial charge on any atom is 0.243 e. The second-order valence-electron chi connectivity index (χ2n) is 6.48. The van der Waals surface area contributed by atoms with Crippen molar-refractivity contribution in [1.29, 1.82) is 0 Å². The van der Waals surface area contributed by atoms with E-state index in [1.54, 1.807) is 19.1 Å². The molecule has 0 saturated carbocycles. The number of ether oxygens (including phenoxy) is 2. The predicted octanol–water partition coefficient (Wildman–Crippen LogP) is 2.48. The first kappa shape index (κ1) is 21.6. The summed E-state index contributed by atoms with van der Waals surface area (Å²) in [7, 11) is -0.764. The average Bonchev–Trinajstić information content (AvgIpc) is 2.66. The number of carbonyl (C=O) groups is 1. The first-order chi connectivity index (χ1) is 13.2. The summed E-state index contributed by atoms with van der Waals surface area (Å²) >= 11 is 0. The SMILES string of the molecule is COc1ccc(N(C(C)C(=O)NCc2ccc(C)cc2)S(C)(=O)=O)cc1OC. The number of anilines is 1. The quantitative estimate of drug-likeness (QED) is 0.728. The van der Waals surface area contributed by atoms with Crippen LogP contribution in [0.1, 0.15) is 18.1 Å². The van der Waals surface area contributed by atoms with E-state index in [1.807, 2.05) is 31.2 Å². The van der Waals surface area contributed by atoms with Crippen molar-refractivity contribution in [3.8, 4) is 11.5 Å². The van der Waals surface area contributed by atoms with Crippen LogP contribution >= 0.6 is 0 Å². The fourth-order valence-electron chi connectivity index (χ4n) is 2.81. The Morgan fingerprint density at radius 3 is 2.21 bits per heavy atom. The second kappa shape index (κ2) is 8.97. The molecule has 0 aromatic heterocycles. The van der Waals surface area contributed by atoms with Gasteiger partial charge in [0.25, 0.3) is 0 Å². The van der Waals surface area contributed by atoms with E-state index in [2.05, 4.69) is 5.32 Å². The molecule has 1 N–H and O–H groups in total. The van der Waals surface area contributed by atoms with Crippen LogP contribution in [0.4, 0.5) is 5.69 Å². The Morgan fingerprint density at radius 1 is 1.07 bits per heavy atom. The van der Waals surface area contributed by atoms with Crippen LogP contribution in [-0.2, 0) is 21.4 Å². The van der Waals surface area contributed by atoms with E-state index in [-0.39, 0.29) is 0 Å². The molecule has 1 atom stereocenters. The molecule has 0 saturated heterocycles. The van der Waals surface area contributed by atoms with E-state index in [4.69, 9.17) is 9.47 Å². The number of hydrogen-bond donors (Lipinski definition) is 1. The zero-order valence-electron chi connectivity index (χ0n) is 16.7. The monoisotopic (exact) mass is 406 g/mol. The maximum atomic E-state index is 12.6. The van der Waals surface area contributed by atoms with Crippen molar-refractivity contribution in [3.05, 3.63) is 53.6 Å². The lowest BCUT2D eigenvalue weighted by molar-refractivity contribution is -0.122. The summed E-state index contributed by atoms with van der Waals surface area (Å²) in [6.45, 7) is 3.84. The molecule has 0 bridgehead atoms. The molecule has 1 amide bonds. The molecule has 0 fully saturated rings. The predicted molar refractivity (Wildman–Crippen MR) is 109 cm³/mol. The fraction of sp³-hybridized carbons (Fsp3) is 0.350. The van der Waals surface area contributed by atoms with Crippen LogP contribution in [0.15, 0.2) is 42.5 Å². The van der Waals surface area contributed by atoms with E-state index >= 15 is 0 Å². The largest absolute Gasteiger partial charge is 0.493 e. The molecular formula is C20H26N2O5S. The van der Waals surface area contributed by atoms with Crippen molar-refractivity contribution in [2.45, 2.75) is 26.4 Å². The van der Waals surface area contributed by atoms with Gasteiger partial charge in [0, 0.05) is 12.6 Å². The van der Waals surface area contributed by atoms with E-state index < -0.39 is 22.0 Å². The minimum Gasteiger partial charge on any atom is -0.493 e. The third-order valence-corrected chi connectivity index (χ3v) is 5.54. The van der Waals surface area contributed by atoms with Crippen LogP contribution in [0.2, 0.25) is 0 Å². The summed E-state index contributed by atoms with van der Waals surface area (Å²) in [5, 5.41) is 2.79. The highest BCUT2D eigenvalue weighted by Gasteiger charge is 2.29. The van der Waals surface area contributed by atoms with Crippen LogP contribution in [0.5, 0.6) is 11.5 Å². The van der Waals surface area contributed by atoms with Gasteiger partial charge in [0.05, 0.1) is 26.2 Å². The third-order valence-electron chi connectivity index (χ3n) is 4.30. The topological polar surface area (TPSA) is 84.9 Å².